The van der Waals surface area contributed by atoms with Crippen LogP contribution in [-0.2, 0) is 16.0 Å². The molecule has 1 unspecified atom stereocenters. The van der Waals surface area contributed by atoms with E-state index in [9.17, 15) is 9.59 Å². The third-order valence-electron chi connectivity index (χ3n) is 3.14. The lowest BCUT2D eigenvalue weighted by molar-refractivity contribution is -0.139. The first-order valence-electron chi connectivity index (χ1n) is 5.97. The van der Waals surface area contributed by atoms with Gasteiger partial charge in [-0.3, -0.25) is 4.79 Å². The molecule has 1 aliphatic rings. The summed E-state index contributed by atoms with van der Waals surface area (Å²) in [4.78, 5) is 24.2. The van der Waals surface area contributed by atoms with Crippen molar-refractivity contribution in [1.29, 1.82) is 0 Å². The molecule has 1 fully saturated rings. The van der Waals surface area contributed by atoms with E-state index in [1.54, 1.807) is 4.90 Å². The van der Waals surface area contributed by atoms with Crippen molar-refractivity contribution < 1.29 is 14.7 Å². The van der Waals surface area contributed by atoms with E-state index in [0.717, 1.165) is 12.1 Å². The van der Waals surface area contributed by atoms with Crippen LogP contribution in [0.15, 0.2) is 24.3 Å². The van der Waals surface area contributed by atoms with Crippen molar-refractivity contribution >= 4 is 17.6 Å². The molecule has 18 heavy (non-hydrogen) atoms. The molecule has 2 rings (SSSR count). The molecule has 5 heteroatoms. The van der Waals surface area contributed by atoms with Crippen molar-refractivity contribution in [3.8, 4) is 0 Å². The molecule has 5 nitrogen and oxygen atoms in total. The Labute approximate surface area is 105 Å². The summed E-state index contributed by atoms with van der Waals surface area (Å²) in [7, 11) is 0. The number of amides is 1. The van der Waals surface area contributed by atoms with Crippen molar-refractivity contribution in [3.05, 3.63) is 29.8 Å². The number of benzene rings is 1. The van der Waals surface area contributed by atoms with E-state index in [0.29, 0.717) is 0 Å². The maximum Gasteiger partial charge on any atom is 0.328 e. The maximum absolute atomic E-state index is 11.4. The third-order valence-corrected chi connectivity index (χ3v) is 3.14. The van der Waals surface area contributed by atoms with Gasteiger partial charge in [-0.1, -0.05) is 19.1 Å². The molecule has 1 atom stereocenters. The van der Waals surface area contributed by atoms with Crippen LogP contribution in [0.3, 0.4) is 0 Å². The first-order chi connectivity index (χ1) is 8.61. The van der Waals surface area contributed by atoms with E-state index in [-0.39, 0.29) is 19.0 Å². The summed E-state index contributed by atoms with van der Waals surface area (Å²) < 4.78 is 0. The van der Waals surface area contributed by atoms with Crippen molar-refractivity contribution in [2.24, 2.45) is 0 Å². The molecule has 1 aliphatic heterocycles. The zero-order valence-electron chi connectivity index (χ0n) is 10.2. The Balaban J connectivity index is 2.25. The van der Waals surface area contributed by atoms with Crippen molar-refractivity contribution in [3.63, 3.8) is 0 Å². The SMILES string of the molecule is CCc1ccc(N2CC(=O)NCC2C(=O)O)cc1. The van der Waals surface area contributed by atoms with Gasteiger partial charge in [-0.2, -0.15) is 0 Å². The average Bonchev–Trinajstić information content (AvgIpc) is 2.38. The quantitative estimate of drug-likeness (QED) is 0.823. The summed E-state index contributed by atoms with van der Waals surface area (Å²) in [5, 5.41) is 11.7. The summed E-state index contributed by atoms with van der Waals surface area (Å²) in [6.45, 7) is 2.29. The Kier molecular flexibility index (Phi) is 3.50. The number of aryl methyl sites for hydroxylation is 1. The monoisotopic (exact) mass is 248 g/mol. The number of piperazine rings is 1. The Hall–Kier alpha value is -2.04. The second-order valence-electron chi connectivity index (χ2n) is 4.31. The minimum atomic E-state index is -0.922. The highest BCUT2D eigenvalue weighted by Crippen LogP contribution is 2.19. The summed E-state index contributed by atoms with van der Waals surface area (Å²) in [6.07, 6.45) is 0.934. The van der Waals surface area contributed by atoms with Gasteiger partial charge in [0.25, 0.3) is 0 Å². The van der Waals surface area contributed by atoms with Gasteiger partial charge in [0.05, 0.1) is 6.54 Å². The maximum atomic E-state index is 11.4. The molecule has 0 aliphatic carbocycles. The van der Waals surface area contributed by atoms with Crippen molar-refractivity contribution in [2.45, 2.75) is 19.4 Å². The normalized spacial score (nSPS) is 19.5. The fourth-order valence-corrected chi connectivity index (χ4v) is 2.06. The van der Waals surface area contributed by atoms with E-state index < -0.39 is 12.0 Å². The standard InChI is InChI=1S/C13H16N2O3/c1-2-9-3-5-10(6-4-9)15-8-12(16)14-7-11(15)13(17)18/h3-6,11H,2,7-8H2,1H3,(H,14,16)(H,17,18). The van der Waals surface area contributed by atoms with Crippen LogP contribution in [0.1, 0.15) is 12.5 Å². The van der Waals surface area contributed by atoms with Gasteiger partial charge in [-0.25, -0.2) is 4.79 Å². The highest BCUT2D eigenvalue weighted by molar-refractivity contribution is 5.89. The highest BCUT2D eigenvalue weighted by atomic mass is 16.4. The number of aliphatic carboxylic acids is 1. The summed E-state index contributed by atoms with van der Waals surface area (Å²) in [6, 6.07) is 6.96. The molecule has 1 amide bonds. The zero-order chi connectivity index (χ0) is 13.1. The fourth-order valence-electron chi connectivity index (χ4n) is 2.06. The summed E-state index contributed by atoms with van der Waals surface area (Å²) in [5.74, 6) is -1.07. The average molecular weight is 248 g/mol. The van der Waals surface area contributed by atoms with Gasteiger partial charge in [0, 0.05) is 12.2 Å². The van der Waals surface area contributed by atoms with E-state index in [1.807, 2.05) is 24.3 Å². The lowest BCUT2D eigenvalue weighted by Crippen LogP contribution is -2.57. The van der Waals surface area contributed by atoms with Gasteiger partial charge >= 0.3 is 5.97 Å². The van der Waals surface area contributed by atoms with E-state index >= 15 is 0 Å². The Morgan fingerprint density at radius 1 is 1.44 bits per heavy atom. The lowest BCUT2D eigenvalue weighted by Gasteiger charge is -2.34. The van der Waals surface area contributed by atoms with Crippen LogP contribution in [-0.4, -0.2) is 36.1 Å². The number of nitrogens with one attached hydrogen (secondary N) is 1. The molecule has 1 saturated heterocycles. The van der Waals surface area contributed by atoms with Crippen LogP contribution in [0.4, 0.5) is 5.69 Å². The Bertz CT molecular complexity index is 456. The van der Waals surface area contributed by atoms with Gasteiger partial charge in [-0.05, 0) is 24.1 Å². The van der Waals surface area contributed by atoms with Gasteiger partial charge in [-0.15, -0.1) is 0 Å². The van der Waals surface area contributed by atoms with Crippen molar-refractivity contribution in [1.82, 2.24) is 5.32 Å². The van der Waals surface area contributed by atoms with Crippen LogP contribution in [0.25, 0.3) is 0 Å². The molecule has 1 aromatic carbocycles. The van der Waals surface area contributed by atoms with Gasteiger partial charge in [0.2, 0.25) is 5.91 Å². The largest absolute Gasteiger partial charge is 0.480 e. The van der Waals surface area contributed by atoms with Crippen LogP contribution >= 0.6 is 0 Å². The van der Waals surface area contributed by atoms with Gasteiger partial charge < -0.3 is 15.3 Å². The van der Waals surface area contributed by atoms with E-state index in [2.05, 4.69) is 12.2 Å². The molecule has 1 heterocycles. The second-order valence-corrected chi connectivity index (χ2v) is 4.31. The minimum Gasteiger partial charge on any atom is -0.480 e. The Morgan fingerprint density at radius 3 is 2.67 bits per heavy atom. The molecule has 1 aromatic rings. The second kappa shape index (κ2) is 5.08. The van der Waals surface area contributed by atoms with Crippen LogP contribution < -0.4 is 10.2 Å². The van der Waals surface area contributed by atoms with Crippen LogP contribution in [0.5, 0.6) is 0 Å². The molecule has 0 radical (unpaired) electrons. The number of anilines is 1. The lowest BCUT2D eigenvalue weighted by atomic mass is 10.1. The molecule has 0 spiro atoms. The number of carboxylic acid groups (broad SMARTS) is 1. The number of carboxylic acids is 1. The molecule has 96 valence electrons. The minimum absolute atomic E-state index is 0.0858. The van der Waals surface area contributed by atoms with Gasteiger partial charge in [0.15, 0.2) is 0 Å². The molecule has 0 aromatic heterocycles. The molecular formula is C13H16N2O3. The van der Waals surface area contributed by atoms with Crippen molar-refractivity contribution in [2.75, 3.05) is 18.0 Å². The molecule has 0 saturated carbocycles. The smallest absolute Gasteiger partial charge is 0.328 e. The number of nitrogens with zero attached hydrogens (tertiary/aromatic N) is 1. The first-order valence-corrected chi connectivity index (χ1v) is 5.97. The number of carbonyl (C=O) groups is 2. The summed E-state index contributed by atoms with van der Waals surface area (Å²) >= 11 is 0. The van der Waals surface area contributed by atoms with E-state index in [1.165, 1.54) is 5.56 Å². The van der Waals surface area contributed by atoms with E-state index in [4.69, 9.17) is 5.11 Å². The predicted molar refractivity (Wildman–Crippen MR) is 67.6 cm³/mol. The highest BCUT2D eigenvalue weighted by Gasteiger charge is 2.31. The molecular weight excluding hydrogens is 232 g/mol. The van der Waals surface area contributed by atoms with Crippen LogP contribution in [0.2, 0.25) is 0 Å². The molecule has 0 bridgehead atoms. The topological polar surface area (TPSA) is 69.6 Å². The molecule has 2 N–H and O–H groups in total. The fraction of sp³-hybridized carbons (Fsp3) is 0.385. The predicted octanol–water partition coefficient (Wildman–Crippen LogP) is 0.638. The zero-order valence-corrected chi connectivity index (χ0v) is 10.2. The van der Waals surface area contributed by atoms with Gasteiger partial charge in [0.1, 0.15) is 6.04 Å². The summed E-state index contributed by atoms with van der Waals surface area (Å²) in [5.41, 5.74) is 1.96. The number of rotatable bonds is 3. The third kappa shape index (κ3) is 2.45. The number of hydrogen-bond donors (Lipinski definition) is 2. The number of hydrogen-bond acceptors (Lipinski definition) is 3. The number of carbonyl (C=O) groups excluding carboxylic acids is 1. The Morgan fingerprint density at radius 2 is 2.11 bits per heavy atom. The first kappa shape index (κ1) is 12.4. The van der Waals surface area contributed by atoms with Crippen LogP contribution in [0, 0.1) is 0 Å².